The molecule has 1 heterocycles. The van der Waals surface area contributed by atoms with E-state index in [1.54, 1.807) is 19.1 Å². The lowest BCUT2D eigenvalue weighted by Crippen LogP contribution is -2.11. The molecule has 0 radical (unpaired) electrons. The summed E-state index contributed by atoms with van der Waals surface area (Å²) in [5.41, 5.74) is 2.04. The Morgan fingerprint density at radius 2 is 1.93 bits per heavy atom. The second-order valence-electron chi connectivity index (χ2n) is 5.78. The lowest BCUT2D eigenvalue weighted by Gasteiger charge is -2.15. The highest BCUT2D eigenvalue weighted by atomic mass is 79.9. The zero-order valence-corrected chi connectivity index (χ0v) is 18.3. The van der Waals surface area contributed by atoms with E-state index < -0.39 is 18.5 Å². The van der Waals surface area contributed by atoms with Crippen LogP contribution in [-0.2, 0) is 14.4 Å². The van der Waals surface area contributed by atoms with Gasteiger partial charge in [-0.2, -0.15) is 0 Å². The SMILES string of the molecule is CCOc1cc(/C=C2/C(=O)ON=C2c2ccccc2)c(Br)c(Br)c1OCC(=O)O. The second kappa shape index (κ2) is 9.23. The Bertz CT molecular complexity index is 1020. The molecule has 0 aliphatic carbocycles. The van der Waals surface area contributed by atoms with Crippen LogP contribution in [0.5, 0.6) is 11.5 Å². The number of carboxylic acids is 1. The number of carboxylic acid groups (broad SMARTS) is 1. The van der Waals surface area contributed by atoms with E-state index in [1.165, 1.54) is 0 Å². The van der Waals surface area contributed by atoms with E-state index in [2.05, 4.69) is 37.0 Å². The highest BCUT2D eigenvalue weighted by Crippen LogP contribution is 2.44. The average molecular weight is 525 g/mol. The molecule has 1 aliphatic heterocycles. The minimum absolute atomic E-state index is 0.245. The largest absolute Gasteiger partial charge is 0.490 e. The third-order valence-electron chi connectivity index (χ3n) is 3.84. The highest BCUT2D eigenvalue weighted by molar-refractivity contribution is 9.13. The van der Waals surface area contributed by atoms with Gasteiger partial charge < -0.3 is 19.4 Å². The normalized spacial score (nSPS) is 14.5. The van der Waals surface area contributed by atoms with Crippen molar-refractivity contribution in [2.45, 2.75) is 6.92 Å². The van der Waals surface area contributed by atoms with Gasteiger partial charge in [0.05, 0.1) is 16.7 Å². The van der Waals surface area contributed by atoms with E-state index in [0.717, 1.165) is 5.56 Å². The average Bonchev–Trinajstić information content (AvgIpc) is 3.06. The van der Waals surface area contributed by atoms with Crippen molar-refractivity contribution in [3.63, 3.8) is 0 Å². The van der Waals surface area contributed by atoms with Crippen LogP contribution in [-0.4, -0.2) is 36.0 Å². The Hall–Kier alpha value is -2.65. The topological polar surface area (TPSA) is 94.4 Å². The number of benzene rings is 2. The molecular weight excluding hydrogens is 510 g/mol. The maximum absolute atomic E-state index is 12.3. The van der Waals surface area contributed by atoms with Gasteiger partial charge in [0.1, 0.15) is 5.71 Å². The van der Waals surface area contributed by atoms with Crippen LogP contribution < -0.4 is 9.47 Å². The molecule has 0 spiro atoms. The fourth-order valence-electron chi connectivity index (χ4n) is 2.61. The fraction of sp³-hybridized carbons (Fsp3) is 0.150. The van der Waals surface area contributed by atoms with Gasteiger partial charge in [-0.15, -0.1) is 0 Å². The van der Waals surface area contributed by atoms with E-state index in [1.807, 2.05) is 30.3 Å². The molecule has 29 heavy (non-hydrogen) atoms. The zero-order chi connectivity index (χ0) is 21.0. The van der Waals surface area contributed by atoms with Crippen LogP contribution in [0.1, 0.15) is 18.1 Å². The van der Waals surface area contributed by atoms with Crippen LogP contribution in [0, 0.1) is 0 Å². The summed E-state index contributed by atoms with van der Waals surface area (Å²) in [5, 5.41) is 12.8. The first-order valence-electron chi connectivity index (χ1n) is 8.48. The summed E-state index contributed by atoms with van der Waals surface area (Å²) in [6, 6.07) is 10.8. The molecule has 0 bridgehead atoms. The summed E-state index contributed by atoms with van der Waals surface area (Å²) < 4.78 is 12.0. The predicted molar refractivity (Wildman–Crippen MR) is 113 cm³/mol. The third kappa shape index (κ3) is 4.68. The summed E-state index contributed by atoms with van der Waals surface area (Å²) in [7, 11) is 0. The molecule has 2 aromatic rings. The molecule has 1 aliphatic rings. The molecule has 0 aromatic heterocycles. The summed E-state index contributed by atoms with van der Waals surface area (Å²) >= 11 is 6.87. The predicted octanol–water partition coefficient (Wildman–Crippen LogP) is 4.42. The smallest absolute Gasteiger partial charge is 0.368 e. The number of oxime groups is 1. The summed E-state index contributed by atoms with van der Waals surface area (Å²) in [5.74, 6) is -1.11. The number of halogens is 2. The summed E-state index contributed by atoms with van der Waals surface area (Å²) in [6.07, 6.45) is 1.62. The summed E-state index contributed by atoms with van der Waals surface area (Å²) in [6.45, 7) is 1.61. The van der Waals surface area contributed by atoms with Crippen LogP contribution in [0.15, 0.2) is 56.1 Å². The van der Waals surface area contributed by atoms with E-state index in [0.29, 0.717) is 32.6 Å². The molecule has 0 atom stereocenters. The van der Waals surface area contributed by atoms with Gasteiger partial charge in [-0.1, -0.05) is 35.5 Å². The Labute approximate surface area is 183 Å². The number of hydrogen-bond donors (Lipinski definition) is 1. The monoisotopic (exact) mass is 523 g/mol. The van der Waals surface area contributed by atoms with E-state index >= 15 is 0 Å². The lowest BCUT2D eigenvalue weighted by atomic mass is 10.0. The molecule has 0 saturated carbocycles. The fourth-order valence-corrected chi connectivity index (χ4v) is 3.56. The lowest BCUT2D eigenvalue weighted by molar-refractivity contribution is -0.139. The van der Waals surface area contributed by atoms with E-state index in [4.69, 9.17) is 19.4 Å². The van der Waals surface area contributed by atoms with Crippen molar-refractivity contribution in [3.05, 3.63) is 62.0 Å². The van der Waals surface area contributed by atoms with Gasteiger partial charge >= 0.3 is 11.9 Å². The van der Waals surface area contributed by atoms with E-state index in [9.17, 15) is 9.59 Å². The Balaban J connectivity index is 2.07. The summed E-state index contributed by atoms with van der Waals surface area (Å²) in [4.78, 5) is 28.0. The standard InChI is InChI=1S/C20H15Br2NO6/c1-2-27-14-9-12(16(21)17(22)19(14)28-10-15(24)25)8-13-18(23-29-20(13)26)11-6-4-3-5-7-11/h3-9H,2,10H2,1H3,(H,24,25)/b13-8+. The van der Waals surface area contributed by atoms with Crippen LogP contribution in [0.4, 0.5) is 0 Å². The van der Waals surface area contributed by atoms with Crippen LogP contribution >= 0.6 is 31.9 Å². The zero-order valence-electron chi connectivity index (χ0n) is 15.1. The van der Waals surface area contributed by atoms with Crippen molar-refractivity contribution in [2.24, 2.45) is 5.16 Å². The first-order chi connectivity index (χ1) is 13.9. The molecular formula is C20H15Br2NO6. The van der Waals surface area contributed by atoms with Gasteiger partial charge in [-0.3, -0.25) is 0 Å². The molecule has 0 amide bonds. The van der Waals surface area contributed by atoms with Gasteiger partial charge in [0.25, 0.3) is 0 Å². The number of carbonyl (C=O) groups excluding carboxylic acids is 1. The molecule has 150 valence electrons. The van der Waals surface area contributed by atoms with Crippen molar-refractivity contribution < 1.29 is 29.0 Å². The van der Waals surface area contributed by atoms with Crippen molar-refractivity contribution in [3.8, 4) is 11.5 Å². The van der Waals surface area contributed by atoms with Gasteiger partial charge in [-0.25, -0.2) is 9.59 Å². The van der Waals surface area contributed by atoms with Gasteiger partial charge in [0.15, 0.2) is 18.1 Å². The van der Waals surface area contributed by atoms with Crippen molar-refractivity contribution in [2.75, 3.05) is 13.2 Å². The number of aliphatic carboxylic acids is 1. The van der Waals surface area contributed by atoms with Gasteiger partial charge in [0, 0.05) is 10.0 Å². The number of ether oxygens (including phenoxy) is 2. The molecule has 3 rings (SSSR count). The Morgan fingerprint density at radius 3 is 2.59 bits per heavy atom. The highest BCUT2D eigenvalue weighted by Gasteiger charge is 2.28. The first kappa shape index (κ1) is 21.1. The number of nitrogens with zero attached hydrogens (tertiary/aromatic N) is 1. The molecule has 0 saturated heterocycles. The van der Waals surface area contributed by atoms with Crippen molar-refractivity contribution in [1.29, 1.82) is 0 Å². The van der Waals surface area contributed by atoms with Crippen molar-refractivity contribution in [1.82, 2.24) is 0 Å². The Kier molecular flexibility index (Phi) is 6.71. The minimum Gasteiger partial charge on any atom is -0.490 e. The van der Waals surface area contributed by atoms with Crippen LogP contribution in [0.2, 0.25) is 0 Å². The molecule has 0 unspecified atom stereocenters. The number of carbonyl (C=O) groups is 2. The Morgan fingerprint density at radius 1 is 1.21 bits per heavy atom. The maximum atomic E-state index is 12.3. The number of rotatable bonds is 7. The number of hydrogen-bond acceptors (Lipinski definition) is 6. The minimum atomic E-state index is -1.11. The van der Waals surface area contributed by atoms with Crippen molar-refractivity contribution >= 4 is 55.6 Å². The first-order valence-corrected chi connectivity index (χ1v) is 10.1. The molecule has 9 heteroatoms. The van der Waals surface area contributed by atoms with Crippen LogP contribution in [0.3, 0.4) is 0 Å². The third-order valence-corrected chi connectivity index (χ3v) is 5.98. The maximum Gasteiger partial charge on any atom is 0.368 e. The quantitative estimate of drug-likeness (QED) is 0.425. The molecule has 0 fully saturated rings. The van der Waals surface area contributed by atoms with Crippen LogP contribution in [0.25, 0.3) is 6.08 Å². The molecule has 2 aromatic carbocycles. The van der Waals surface area contributed by atoms with E-state index in [-0.39, 0.29) is 11.3 Å². The molecule has 7 nitrogen and oxygen atoms in total. The second-order valence-corrected chi connectivity index (χ2v) is 7.37. The molecule has 1 N–H and O–H groups in total. The van der Waals surface area contributed by atoms with Gasteiger partial charge in [0.2, 0.25) is 0 Å². The van der Waals surface area contributed by atoms with Gasteiger partial charge in [-0.05, 0) is 56.5 Å².